The number of rotatable bonds is 10. The first-order chi connectivity index (χ1) is 14.7. The first-order valence-corrected chi connectivity index (χ1v) is 10.3. The van der Waals surface area contributed by atoms with Crippen LogP contribution < -0.4 is 5.32 Å². The Kier molecular flexibility index (Phi) is 8.41. The lowest BCUT2D eigenvalue weighted by Gasteiger charge is -2.29. The number of carbonyl (C=O) groups is 1. The molecule has 0 saturated carbocycles. The first kappa shape index (κ1) is 22.0. The van der Waals surface area contributed by atoms with Crippen molar-refractivity contribution in [2.75, 3.05) is 19.8 Å². The standard InChI is InChI=1S/C24H28FNO4/c25-21-10-8-18(9-11-21)12-13-26-24(28)22-16-20(19-6-2-1-3-7-19)17-23(30-22)29-15-5-4-14-27/h1-3,6-11,16,20,23,27H,4-5,12-15,17H2,(H,26,28)/t20-,23+/m1/s1. The third kappa shape index (κ3) is 6.68. The minimum atomic E-state index is -0.517. The maximum Gasteiger partial charge on any atom is 0.286 e. The molecule has 5 nitrogen and oxygen atoms in total. The normalized spacial score (nSPS) is 18.4. The summed E-state index contributed by atoms with van der Waals surface area (Å²) in [6, 6.07) is 16.2. The van der Waals surface area contributed by atoms with Crippen LogP contribution in [0.15, 0.2) is 66.4 Å². The van der Waals surface area contributed by atoms with Crippen LogP contribution >= 0.6 is 0 Å². The van der Waals surface area contributed by atoms with Crippen molar-refractivity contribution in [2.45, 2.75) is 37.9 Å². The summed E-state index contributed by atoms with van der Waals surface area (Å²) in [7, 11) is 0. The highest BCUT2D eigenvalue weighted by Gasteiger charge is 2.28. The Bertz CT molecular complexity index is 823. The third-order valence-electron chi connectivity index (χ3n) is 4.98. The van der Waals surface area contributed by atoms with Gasteiger partial charge in [0.25, 0.3) is 5.91 Å². The molecule has 3 rings (SSSR count). The molecule has 0 aliphatic carbocycles. The molecule has 30 heavy (non-hydrogen) atoms. The molecular formula is C24H28FNO4. The van der Waals surface area contributed by atoms with Gasteiger partial charge < -0.3 is 19.9 Å². The van der Waals surface area contributed by atoms with Gasteiger partial charge in [-0.25, -0.2) is 4.39 Å². The second-order valence-corrected chi connectivity index (χ2v) is 7.27. The van der Waals surface area contributed by atoms with Gasteiger partial charge in [0, 0.05) is 25.5 Å². The lowest BCUT2D eigenvalue weighted by molar-refractivity contribution is -0.146. The van der Waals surface area contributed by atoms with Crippen LogP contribution in [0.5, 0.6) is 0 Å². The Hall–Kier alpha value is -2.70. The van der Waals surface area contributed by atoms with Gasteiger partial charge in [0.2, 0.25) is 6.29 Å². The van der Waals surface area contributed by atoms with E-state index in [0.717, 1.165) is 17.5 Å². The molecule has 2 atom stereocenters. The molecule has 6 heteroatoms. The summed E-state index contributed by atoms with van der Waals surface area (Å²) in [5.74, 6) is -0.302. The lowest BCUT2D eigenvalue weighted by Crippen LogP contribution is -2.34. The van der Waals surface area contributed by atoms with Crippen molar-refractivity contribution in [3.63, 3.8) is 0 Å². The third-order valence-corrected chi connectivity index (χ3v) is 4.98. The number of carbonyl (C=O) groups excluding carboxylic acids is 1. The van der Waals surface area contributed by atoms with Crippen LogP contribution in [0.25, 0.3) is 0 Å². The number of halogens is 1. The van der Waals surface area contributed by atoms with Gasteiger partial charge >= 0.3 is 0 Å². The van der Waals surface area contributed by atoms with Gasteiger partial charge in [-0.05, 0) is 48.6 Å². The maximum atomic E-state index is 13.0. The highest BCUT2D eigenvalue weighted by molar-refractivity contribution is 5.91. The Labute approximate surface area is 176 Å². The predicted octanol–water partition coefficient (Wildman–Crippen LogP) is 3.69. The molecule has 1 aliphatic heterocycles. The summed E-state index contributed by atoms with van der Waals surface area (Å²) in [5, 5.41) is 11.8. The van der Waals surface area contributed by atoms with Gasteiger partial charge in [-0.2, -0.15) is 0 Å². The van der Waals surface area contributed by atoms with E-state index in [0.29, 0.717) is 32.4 Å². The van der Waals surface area contributed by atoms with Crippen molar-refractivity contribution in [1.29, 1.82) is 0 Å². The number of unbranched alkanes of at least 4 members (excludes halogenated alkanes) is 1. The van der Waals surface area contributed by atoms with Crippen LogP contribution in [0.2, 0.25) is 0 Å². The van der Waals surface area contributed by atoms with Gasteiger partial charge in [-0.15, -0.1) is 0 Å². The summed E-state index contributed by atoms with van der Waals surface area (Å²) < 4.78 is 24.6. The van der Waals surface area contributed by atoms with Crippen LogP contribution in [-0.4, -0.2) is 37.1 Å². The molecule has 0 saturated heterocycles. The number of aliphatic hydroxyl groups excluding tert-OH is 1. The molecule has 160 valence electrons. The maximum absolute atomic E-state index is 13.0. The number of allylic oxidation sites excluding steroid dienone is 1. The number of nitrogens with one attached hydrogen (secondary N) is 1. The van der Waals surface area contributed by atoms with E-state index in [4.69, 9.17) is 14.6 Å². The van der Waals surface area contributed by atoms with Crippen molar-refractivity contribution in [3.05, 3.63) is 83.4 Å². The second-order valence-electron chi connectivity index (χ2n) is 7.27. The molecule has 0 spiro atoms. The van der Waals surface area contributed by atoms with Gasteiger partial charge in [0.05, 0.1) is 6.61 Å². The molecule has 0 unspecified atom stereocenters. The van der Waals surface area contributed by atoms with E-state index >= 15 is 0 Å². The Morgan fingerprint density at radius 3 is 2.63 bits per heavy atom. The Morgan fingerprint density at radius 2 is 1.90 bits per heavy atom. The highest BCUT2D eigenvalue weighted by Crippen LogP contribution is 2.31. The minimum Gasteiger partial charge on any atom is -0.459 e. The molecule has 2 aromatic rings. The van der Waals surface area contributed by atoms with Crippen molar-refractivity contribution in [3.8, 4) is 0 Å². The molecule has 0 fully saturated rings. The van der Waals surface area contributed by atoms with E-state index in [2.05, 4.69) is 5.32 Å². The van der Waals surface area contributed by atoms with Gasteiger partial charge in [0.1, 0.15) is 5.82 Å². The fraction of sp³-hybridized carbons (Fsp3) is 0.375. The molecule has 0 bridgehead atoms. The van der Waals surface area contributed by atoms with Crippen molar-refractivity contribution < 1.29 is 23.8 Å². The average Bonchev–Trinajstić information content (AvgIpc) is 2.78. The molecule has 1 heterocycles. The molecule has 2 N–H and O–H groups in total. The number of hydrogen-bond acceptors (Lipinski definition) is 4. The minimum absolute atomic E-state index is 0.0145. The topological polar surface area (TPSA) is 67.8 Å². The molecular weight excluding hydrogens is 385 g/mol. The van der Waals surface area contributed by atoms with Crippen LogP contribution in [0.4, 0.5) is 4.39 Å². The molecule has 2 aromatic carbocycles. The summed E-state index contributed by atoms with van der Waals surface area (Å²) in [4.78, 5) is 12.7. The number of hydrogen-bond donors (Lipinski definition) is 2. The first-order valence-electron chi connectivity index (χ1n) is 10.3. The van der Waals surface area contributed by atoms with Gasteiger partial charge in [-0.1, -0.05) is 42.5 Å². The zero-order valence-electron chi connectivity index (χ0n) is 16.9. The monoisotopic (exact) mass is 413 g/mol. The molecule has 0 radical (unpaired) electrons. The fourth-order valence-corrected chi connectivity index (χ4v) is 3.34. The van der Waals surface area contributed by atoms with E-state index in [1.165, 1.54) is 12.1 Å². The van der Waals surface area contributed by atoms with Gasteiger partial charge in [0.15, 0.2) is 5.76 Å². The largest absolute Gasteiger partial charge is 0.459 e. The van der Waals surface area contributed by atoms with Crippen LogP contribution in [-0.2, 0) is 20.7 Å². The highest BCUT2D eigenvalue weighted by atomic mass is 19.1. The molecule has 0 aromatic heterocycles. The van der Waals surface area contributed by atoms with E-state index in [1.807, 2.05) is 36.4 Å². The summed E-state index contributed by atoms with van der Waals surface area (Å²) in [6.45, 7) is 1.01. The Balaban J connectivity index is 1.61. The van der Waals surface area contributed by atoms with E-state index < -0.39 is 6.29 Å². The van der Waals surface area contributed by atoms with E-state index in [-0.39, 0.29) is 30.0 Å². The summed E-state index contributed by atoms with van der Waals surface area (Å²) >= 11 is 0. The smallest absolute Gasteiger partial charge is 0.286 e. The van der Waals surface area contributed by atoms with Crippen molar-refractivity contribution in [1.82, 2.24) is 5.32 Å². The summed E-state index contributed by atoms with van der Waals surface area (Å²) in [5.41, 5.74) is 2.05. The van der Waals surface area contributed by atoms with Crippen LogP contribution in [0.3, 0.4) is 0 Å². The second kappa shape index (κ2) is 11.5. The SMILES string of the molecule is O=C(NCCc1ccc(F)cc1)C1=C[C@@H](c2ccccc2)C[C@@H](OCCCCO)O1. The van der Waals surface area contributed by atoms with Crippen molar-refractivity contribution in [2.24, 2.45) is 0 Å². The molecule has 1 amide bonds. The number of ether oxygens (including phenoxy) is 2. The van der Waals surface area contributed by atoms with E-state index in [1.54, 1.807) is 12.1 Å². The van der Waals surface area contributed by atoms with E-state index in [9.17, 15) is 9.18 Å². The fourth-order valence-electron chi connectivity index (χ4n) is 3.34. The van der Waals surface area contributed by atoms with Gasteiger partial charge in [-0.3, -0.25) is 4.79 Å². The Morgan fingerprint density at radius 1 is 1.13 bits per heavy atom. The number of amides is 1. The zero-order chi connectivity index (χ0) is 21.2. The van der Waals surface area contributed by atoms with Crippen LogP contribution in [0.1, 0.15) is 36.3 Å². The predicted molar refractivity (Wildman–Crippen MR) is 112 cm³/mol. The molecule has 1 aliphatic rings. The van der Waals surface area contributed by atoms with Crippen LogP contribution in [0, 0.1) is 5.82 Å². The zero-order valence-corrected chi connectivity index (χ0v) is 16.9. The summed E-state index contributed by atoms with van der Waals surface area (Å²) in [6.07, 6.45) is 3.95. The van der Waals surface area contributed by atoms with Crippen molar-refractivity contribution >= 4 is 5.91 Å². The lowest BCUT2D eigenvalue weighted by atomic mass is 9.93. The average molecular weight is 413 g/mol. The number of aliphatic hydroxyl groups is 1. The number of benzene rings is 2. The quantitative estimate of drug-likeness (QED) is 0.583.